The Balaban J connectivity index is 2.50. The minimum Gasteiger partial charge on any atom is -0.313 e. The molecule has 96 valence electrons. The Bertz CT molecular complexity index is 193. The smallest absolute Gasteiger partial charge is 0.0218 e. The molecule has 1 saturated carbocycles. The molecule has 1 aliphatic rings. The number of hydrogen-bond acceptors (Lipinski definition) is 2. The van der Waals surface area contributed by atoms with Crippen LogP contribution in [0.3, 0.4) is 0 Å². The molecule has 16 heavy (non-hydrogen) atoms. The summed E-state index contributed by atoms with van der Waals surface area (Å²) in [7, 11) is 2.31. The lowest BCUT2D eigenvalue weighted by atomic mass is 9.84. The van der Waals surface area contributed by atoms with Crippen LogP contribution in [-0.2, 0) is 0 Å². The Morgan fingerprint density at radius 3 is 2.44 bits per heavy atom. The molecule has 0 bridgehead atoms. The molecule has 1 fully saturated rings. The molecule has 0 saturated heterocycles. The van der Waals surface area contributed by atoms with E-state index < -0.39 is 0 Å². The first-order valence-electron chi connectivity index (χ1n) is 7.03. The molecule has 1 aliphatic carbocycles. The summed E-state index contributed by atoms with van der Waals surface area (Å²) in [4.78, 5) is 2.61. The van der Waals surface area contributed by atoms with E-state index in [1.54, 1.807) is 0 Å². The molecular formula is C14H30N2. The highest BCUT2D eigenvalue weighted by Gasteiger charge is 2.29. The molecule has 2 heteroatoms. The van der Waals surface area contributed by atoms with E-state index in [2.05, 4.69) is 45.0 Å². The molecule has 0 aromatic rings. The molecule has 0 spiro atoms. The van der Waals surface area contributed by atoms with Crippen molar-refractivity contribution < 1.29 is 0 Å². The molecule has 0 aromatic carbocycles. The van der Waals surface area contributed by atoms with Gasteiger partial charge < -0.3 is 5.32 Å². The van der Waals surface area contributed by atoms with Gasteiger partial charge in [0.2, 0.25) is 0 Å². The van der Waals surface area contributed by atoms with E-state index in [9.17, 15) is 0 Å². The first-order chi connectivity index (χ1) is 7.57. The van der Waals surface area contributed by atoms with Crippen molar-refractivity contribution in [3.8, 4) is 0 Å². The van der Waals surface area contributed by atoms with Crippen LogP contribution in [-0.4, -0.2) is 36.6 Å². The SMILES string of the molecule is CCNC(C)C(C)N(C)C1CCCCC1C. The van der Waals surface area contributed by atoms with Crippen molar-refractivity contribution in [1.29, 1.82) is 0 Å². The Hall–Kier alpha value is -0.0800. The lowest BCUT2D eigenvalue weighted by molar-refractivity contribution is 0.0882. The summed E-state index contributed by atoms with van der Waals surface area (Å²) >= 11 is 0. The topological polar surface area (TPSA) is 15.3 Å². The predicted octanol–water partition coefficient (Wildman–Crippen LogP) is 2.88. The zero-order valence-corrected chi connectivity index (χ0v) is 11.8. The molecule has 1 rings (SSSR count). The van der Waals surface area contributed by atoms with Gasteiger partial charge in [-0.15, -0.1) is 0 Å². The molecule has 4 unspecified atom stereocenters. The van der Waals surface area contributed by atoms with Gasteiger partial charge in [-0.05, 0) is 46.2 Å². The van der Waals surface area contributed by atoms with Gasteiger partial charge in [0.05, 0.1) is 0 Å². The van der Waals surface area contributed by atoms with Crippen molar-refractivity contribution in [3.63, 3.8) is 0 Å². The summed E-state index contributed by atoms with van der Waals surface area (Å²) < 4.78 is 0. The van der Waals surface area contributed by atoms with Gasteiger partial charge in [0.15, 0.2) is 0 Å². The van der Waals surface area contributed by atoms with E-state index in [-0.39, 0.29) is 0 Å². The molecule has 0 radical (unpaired) electrons. The molecule has 0 amide bonds. The largest absolute Gasteiger partial charge is 0.313 e. The monoisotopic (exact) mass is 226 g/mol. The van der Waals surface area contributed by atoms with E-state index in [1.165, 1.54) is 25.7 Å². The number of nitrogens with one attached hydrogen (secondary N) is 1. The van der Waals surface area contributed by atoms with Crippen molar-refractivity contribution >= 4 is 0 Å². The minimum absolute atomic E-state index is 0.587. The lowest BCUT2D eigenvalue weighted by Gasteiger charge is -2.41. The summed E-state index contributed by atoms with van der Waals surface area (Å²) in [5.74, 6) is 0.870. The van der Waals surface area contributed by atoms with E-state index in [4.69, 9.17) is 0 Å². The van der Waals surface area contributed by atoms with Crippen LogP contribution in [0.15, 0.2) is 0 Å². The highest BCUT2D eigenvalue weighted by Crippen LogP contribution is 2.28. The fourth-order valence-electron chi connectivity index (χ4n) is 3.05. The standard InChI is InChI=1S/C14H30N2/c1-6-15-12(3)13(4)16(5)14-10-8-7-9-11(14)2/h11-15H,6-10H2,1-5H3. The zero-order valence-electron chi connectivity index (χ0n) is 11.8. The van der Waals surface area contributed by atoms with Gasteiger partial charge >= 0.3 is 0 Å². The van der Waals surface area contributed by atoms with Crippen LogP contribution >= 0.6 is 0 Å². The fourth-order valence-corrected chi connectivity index (χ4v) is 3.05. The van der Waals surface area contributed by atoms with Gasteiger partial charge in [0.1, 0.15) is 0 Å². The van der Waals surface area contributed by atoms with E-state index in [0.717, 1.165) is 18.5 Å². The van der Waals surface area contributed by atoms with Crippen molar-refractivity contribution in [1.82, 2.24) is 10.2 Å². The second kappa shape index (κ2) is 6.61. The average Bonchev–Trinajstić information content (AvgIpc) is 2.28. The Kier molecular flexibility index (Phi) is 5.77. The van der Waals surface area contributed by atoms with Crippen LogP contribution in [0.2, 0.25) is 0 Å². The van der Waals surface area contributed by atoms with E-state index in [1.807, 2.05) is 0 Å². The van der Waals surface area contributed by atoms with Gasteiger partial charge in [0, 0.05) is 18.1 Å². The van der Waals surface area contributed by atoms with Gasteiger partial charge in [-0.1, -0.05) is 26.7 Å². The third-order valence-electron chi connectivity index (χ3n) is 4.48. The molecule has 2 nitrogen and oxygen atoms in total. The van der Waals surface area contributed by atoms with E-state index in [0.29, 0.717) is 12.1 Å². The molecule has 0 aliphatic heterocycles. The van der Waals surface area contributed by atoms with Crippen LogP contribution in [0.4, 0.5) is 0 Å². The fraction of sp³-hybridized carbons (Fsp3) is 1.00. The van der Waals surface area contributed by atoms with Crippen LogP contribution in [0, 0.1) is 5.92 Å². The van der Waals surface area contributed by atoms with Gasteiger partial charge in [-0.2, -0.15) is 0 Å². The van der Waals surface area contributed by atoms with Crippen molar-refractivity contribution in [2.75, 3.05) is 13.6 Å². The summed E-state index contributed by atoms with van der Waals surface area (Å²) in [6.45, 7) is 10.3. The van der Waals surface area contributed by atoms with Gasteiger partial charge in [0.25, 0.3) is 0 Å². The summed E-state index contributed by atoms with van der Waals surface area (Å²) in [6.07, 6.45) is 5.66. The Morgan fingerprint density at radius 1 is 1.25 bits per heavy atom. The van der Waals surface area contributed by atoms with Crippen molar-refractivity contribution in [3.05, 3.63) is 0 Å². The third-order valence-corrected chi connectivity index (χ3v) is 4.48. The molecule has 1 N–H and O–H groups in total. The van der Waals surface area contributed by atoms with Crippen molar-refractivity contribution in [2.24, 2.45) is 5.92 Å². The summed E-state index contributed by atoms with van der Waals surface area (Å²) in [5.41, 5.74) is 0. The second-order valence-corrected chi connectivity index (χ2v) is 5.58. The minimum atomic E-state index is 0.587. The number of hydrogen-bond donors (Lipinski definition) is 1. The molecule has 0 aromatic heterocycles. The van der Waals surface area contributed by atoms with Crippen LogP contribution in [0.1, 0.15) is 53.4 Å². The van der Waals surface area contributed by atoms with Crippen LogP contribution in [0.25, 0.3) is 0 Å². The Morgan fingerprint density at radius 2 is 1.88 bits per heavy atom. The summed E-state index contributed by atoms with van der Waals surface area (Å²) in [6, 6.07) is 2.01. The normalized spacial score (nSPS) is 30.4. The first-order valence-corrected chi connectivity index (χ1v) is 7.03. The second-order valence-electron chi connectivity index (χ2n) is 5.58. The summed E-state index contributed by atoms with van der Waals surface area (Å²) in [5, 5.41) is 3.54. The molecule has 0 heterocycles. The van der Waals surface area contributed by atoms with Gasteiger partial charge in [-0.25, -0.2) is 0 Å². The lowest BCUT2D eigenvalue weighted by Crippen LogP contribution is -2.51. The zero-order chi connectivity index (χ0) is 12.1. The predicted molar refractivity (Wildman–Crippen MR) is 71.8 cm³/mol. The highest BCUT2D eigenvalue weighted by molar-refractivity contribution is 4.85. The number of likely N-dealkylation sites (N-methyl/N-ethyl adjacent to an activating group) is 2. The van der Waals surface area contributed by atoms with Crippen LogP contribution < -0.4 is 5.32 Å². The Labute approximate surface area is 102 Å². The van der Waals surface area contributed by atoms with E-state index >= 15 is 0 Å². The maximum absolute atomic E-state index is 3.54. The average molecular weight is 226 g/mol. The third kappa shape index (κ3) is 3.46. The maximum Gasteiger partial charge on any atom is 0.0218 e. The highest BCUT2D eigenvalue weighted by atomic mass is 15.2. The molecule has 4 atom stereocenters. The first kappa shape index (κ1) is 14.0. The quantitative estimate of drug-likeness (QED) is 0.775. The molecular weight excluding hydrogens is 196 g/mol. The van der Waals surface area contributed by atoms with Crippen molar-refractivity contribution in [2.45, 2.75) is 71.5 Å². The van der Waals surface area contributed by atoms with Crippen LogP contribution in [0.5, 0.6) is 0 Å². The number of rotatable bonds is 5. The maximum atomic E-state index is 3.54. The number of nitrogens with zero attached hydrogens (tertiary/aromatic N) is 1. The van der Waals surface area contributed by atoms with Gasteiger partial charge in [-0.3, -0.25) is 4.90 Å².